The number of ether oxygens (including phenoxy) is 4. The number of carbonyl (C=O) groups is 2. The predicted octanol–water partition coefficient (Wildman–Crippen LogP) is 4.13. The van der Waals surface area contributed by atoms with Crippen molar-refractivity contribution in [2.24, 2.45) is 11.8 Å². The summed E-state index contributed by atoms with van der Waals surface area (Å²) in [5, 5.41) is 10.3. The number of aromatic nitrogens is 1. The molecule has 36 heavy (non-hydrogen) atoms. The van der Waals surface area contributed by atoms with E-state index in [4.69, 9.17) is 18.9 Å². The number of pyridine rings is 1. The minimum Gasteiger partial charge on any atom is -0.503 e. The number of ketones is 1. The molecule has 0 spiro atoms. The Morgan fingerprint density at radius 3 is 2.61 bits per heavy atom. The molecule has 1 saturated heterocycles. The lowest BCUT2D eigenvalue weighted by Gasteiger charge is -2.33. The molecule has 1 aromatic carbocycles. The van der Waals surface area contributed by atoms with E-state index >= 15 is 0 Å². The molecule has 0 amide bonds. The van der Waals surface area contributed by atoms with Crippen LogP contribution in [0.5, 0.6) is 11.5 Å². The Kier molecular flexibility index (Phi) is 8.93. The van der Waals surface area contributed by atoms with Gasteiger partial charge >= 0.3 is 5.97 Å². The van der Waals surface area contributed by atoms with E-state index < -0.39 is 23.8 Å². The van der Waals surface area contributed by atoms with Crippen LogP contribution in [0.2, 0.25) is 0 Å². The fourth-order valence-corrected chi connectivity index (χ4v) is 5.08. The first-order chi connectivity index (χ1) is 17.5. The highest BCUT2D eigenvalue weighted by atomic mass is 16.6. The zero-order valence-corrected chi connectivity index (χ0v) is 20.9. The van der Waals surface area contributed by atoms with E-state index in [1.807, 2.05) is 25.1 Å². The molecule has 1 aliphatic carbocycles. The molecule has 194 valence electrons. The maximum atomic E-state index is 13.1. The molecule has 2 aromatic rings. The first-order valence-electron chi connectivity index (χ1n) is 12.7. The lowest BCUT2D eigenvalue weighted by Crippen LogP contribution is -2.42. The summed E-state index contributed by atoms with van der Waals surface area (Å²) < 4.78 is 23.5. The molecule has 1 saturated carbocycles. The third-order valence-electron chi connectivity index (χ3n) is 7.01. The summed E-state index contributed by atoms with van der Waals surface area (Å²) in [6.45, 7) is 2.26. The highest BCUT2D eigenvalue weighted by Gasteiger charge is 2.37. The van der Waals surface area contributed by atoms with Crippen LogP contribution < -0.4 is 4.74 Å². The second kappa shape index (κ2) is 12.3. The van der Waals surface area contributed by atoms with Gasteiger partial charge in [0, 0.05) is 24.6 Å². The van der Waals surface area contributed by atoms with Crippen LogP contribution in [0.3, 0.4) is 0 Å². The van der Waals surface area contributed by atoms with Gasteiger partial charge in [-0.25, -0.2) is 4.98 Å². The summed E-state index contributed by atoms with van der Waals surface area (Å²) in [6, 6.07) is 11.6. The molecule has 2 heterocycles. The van der Waals surface area contributed by atoms with Crippen molar-refractivity contribution < 1.29 is 33.6 Å². The number of cyclic esters (lactones) is 1. The quantitative estimate of drug-likeness (QED) is 0.429. The van der Waals surface area contributed by atoms with Gasteiger partial charge in [0.25, 0.3) is 0 Å². The maximum absolute atomic E-state index is 13.1. The Morgan fingerprint density at radius 1 is 1.14 bits per heavy atom. The van der Waals surface area contributed by atoms with Crippen LogP contribution in [0.15, 0.2) is 42.6 Å². The van der Waals surface area contributed by atoms with Crippen LogP contribution in [-0.4, -0.2) is 60.5 Å². The summed E-state index contributed by atoms with van der Waals surface area (Å²) in [7, 11) is 1.39. The zero-order chi connectivity index (χ0) is 25.5. The van der Waals surface area contributed by atoms with Crippen LogP contribution in [-0.2, 0) is 25.4 Å². The smallest absolute Gasteiger partial charge is 0.312 e. The number of aromatic hydroxyl groups is 1. The largest absolute Gasteiger partial charge is 0.503 e. The lowest BCUT2D eigenvalue weighted by molar-refractivity contribution is -0.166. The number of carbonyl (C=O) groups excluding carboxylic acids is 2. The zero-order valence-electron chi connectivity index (χ0n) is 20.9. The molecule has 1 N–H and O–H groups in total. The van der Waals surface area contributed by atoms with Gasteiger partial charge in [0.05, 0.1) is 38.4 Å². The fourth-order valence-electron chi connectivity index (χ4n) is 5.08. The van der Waals surface area contributed by atoms with Crippen molar-refractivity contribution in [1.29, 1.82) is 0 Å². The number of hydrogen-bond acceptors (Lipinski definition) is 8. The van der Waals surface area contributed by atoms with Gasteiger partial charge < -0.3 is 24.1 Å². The number of benzene rings is 1. The SMILES string of the molecule is COc1ccnc(C(=O)C[C@H]2COC[C@H](Cc3ccccc3)[C@@H](OC3CCCC3)[C@H](C)OC2=O)c1O. The van der Waals surface area contributed by atoms with Gasteiger partial charge in [0.15, 0.2) is 23.0 Å². The molecule has 2 aliphatic rings. The fraction of sp³-hybridized carbons (Fsp3) is 0.536. The number of rotatable bonds is 8. The standard InChI is InChI=1S/C28H35NO7/c1-18-27(36-22-10-6-7-11-22)20(14-19-8-4-3-5-9-19)16-34-17-21(28(32)35-18)15-23(30)25-26(31)24(33-2)12-13-29-25/h3-5,8-9,12-13,18,20-22,27,31H,6-7,10-11,14-17H2,1-2H3/t18-,20-,21-,27-/m0/s1. The normalized spacial score (nSPS) is 25.4. The van der Waals surface area contributed by atoms with E-state index in [0.717, 1.165) is 37.7 Å². The molecule has 8 nitrogen and oxygen atoms in total. The third kappa shape index (κ3) is 6.42. The van der Waals surface area contributed by atoms with Crippen LogP contribution >= 0.6 is 0 Å². The predicted molar refractivity (Wildman–Crippen MR) is 132 cm³/mol. The van der Waals surface area contributed by atoms with Gasteiger partial charge in [-0.3, -0.25) is 9.59 Å². The van der Waals surface area contributed by atoms with Crippen LogP contribution in [0, 0.1) is 11.8 Å². The first kappa shape index (κ1) is 26.1. The van der Waals surface area contributed by atoms with Crippen molar-refractivity contribution >= 4 is 11.8 Å². The Bertz CT molecular complexity index is 1020. The first-order valence-corrected chi connectivity index (χ1v) is 12.7. The highest BCUT2D eigenvalue weighted by Crippen LogP contribution is 2.31. The topological polar surface area (TPSA) is 104 Å². The summed E-state index contributed by atoms with van der Waals surface area (Å²) >= 11 is 0. The molecular weight excluding hydrogens is 462 g/mol. The highest BCUT2D eigenvalue weighted by molar-refractivity contribution is 5.99. The van der Waals surface area contributed by atoms with E-state index in [0.29, 0.717) is 6.61 Å². The summed E-state index contributed by atoms with van der Waals surface area (Å²) in [6.07, 6.45) is 5.52. The minimum absolute atomic E-state index is 0.0191. The lowest BCUT2D eigenvalue weighted by atomic mass is 9.91. The second-order valence-electron chi connectivity index (χ2n) is 9.67. The third-order valence-corrected chi connectivity index (χ3v) is 7.01. The van der Waals surface area contributed by atoms with Gasteiger partial charge in [-0.1, -0.05) is 43.2 Å². The van der Waals surface area contributed by atoms with Crippen molar-refractivity contribution in [2.75, 3.05) is 20.3 Å². The van der Waals surface area contributed by atoms with Crippen molar-refractivity contribution in [1.82, 2.24) is 4.98 Å². The minimum atomic E-state index is -0.824. The van der Waals surface area contributed by atoms with Crippen molar-refractivity contribution in [3.05, 3.63) is 53.9 Å². The average molecular weight is 498 g/mol. The van der Waals surface area contributed by atoms with Crippen LogP contribution in [0.1, 0.15) is 55.1 Å². The monoisotopic (exact) mass is 497 g/mol. The summed E-state index contributed by atoms with van der Waals surface area (Å²) in [5.74, 6) is -2.04. The van der Waals surface area contributed by atoms with Crippen LogP contribution in [0.25, 0.3) is 0 Å². The van der Waals surface area contributed by atoms with E-state index in [-0.39, 0.29) is 48.3 Å². The van der Waals surface area contributed by atoms with Crippen molar-refractivity contribution in [2.45, 2.75) is 63.8 Å². The molecule has 0 unspecified atom stereocenters. The molecule has 2 fully saturated rings. The summed E-state index contributed by atoms with van der Waals surface area (Å²) in [4.78, 5) is 30.1. The Hall–Kier alpha value is -2.97. The van der Waals surface area contributed by atoms with E-state index in [9.17, 15) is 14.7 Å². The Morgan fingerprint density at radius 2 is 1.89 bits per heavy atom. The Balaban J connectivity index is 1.51. The number of nitrogens with zero attached hydrogens (tertiary/aromatic N) is 1. The molecule has 0 bridgehead atoms. The number of methoxy groups -OCH3 is 1. The molecule has 1 aromatic heterocycles. The molecule has 4 rings (SSSR count). The van der Waals surface area contributed by atoms with Gasteiger partial charge in [0.2, 0.25) is 0 Å². The molecule has 4 atom stereocenters. The molecule has 1 aliphatic heterocycles. The number of esters is 1. The maximum Gasteiger partial charge on any atom is 0.312 e. The van der Waals surface area contributed by atoms with Crippen molar-refractivity contribution in [3.63, 3.8) is 0 Å². The number of hydrogen-bond donors (Lipinski definition) is 1. The van der Waals surface area contributed by atoms with Gasteiger partial charge in [-0.2, -0.15) is 0 Å². The van der Waals surface area contributed by atoms with Crippen LogP contribution in [0.4, 0.5) is 0 Å². The van der Waals surface area contributed by atoms with Gasteiger partial charge in [-0.05, 0) is 31.7 Å². The number of Topliss-reactive ketones (excluding diaryl/α,β-unsaturated/α-hetero) is 1. The van der Waals surface area contributed by atoms with E-state index in [2.05, 4.69) is 17.1 Å². The summed E-state index contributed by atoms with van der Waals surface area (Å²) in [5.41, 5.74) is 1.02. The van der Waals surface area contributed by atoms with Crippen molar-refractivity contribution in [3.8, 4) is 11.5 Å². The van der Waals surface area contributed by atoms with E-state index in [1.54, 1.807) is 0 Å². The van der Waals surface area contributed by atoms with Gasteiger partial charge in [-0.15, -0.1) is 0 Å². The molecule has 8 heteroatoms. The molecular formula is C28H35NO7. The molecule has 0 radical (unpaired) electrons. The van der Waals surface area contributed by atoms with Gasteiger partial charge in [0.1, 0.15) is 6.10 Å². The second-order valence-corrected chi connectivity index (χ2v) is 9.67. The average Bonchev–Trinajstić information content (AvgIpc) is 3.40. The Labute approximate surface area is 211 Å². The van der Waals surface area contributed by atoms with E-state index in [1.165, 1.54) is 19.4 Å².